The first-order chi connectivity index (χ1) is 9.56. The largest absolute Gasteiger partial charge is 0.372 e. The van der Waals surface area contributed by atoms with Gasteiger partial charge in [0.1, 0.15) is 0 Å². The Hall–Kier alpha value is -1.93. The second kappa shape index (κ2) is 4.88. The van der Waals surface area contributed by atoms with Crippen LogP contribution >= 0.6 is 0 Å². The number of rotatable bonds is 2. The number of benzene rings is 2. The molecule has 3 rings (SSSR count). The van der Waals surface area contributed by atoms with Crippen molar-refractivity contribution in [2.24, 2.45) is 0 Å². The molecule has 102 valence electrons. The number of ketones is 1. The van der Waals surface area contributed by atoms with Crippen molar-refractivity contribution in [1.82, 2.24) is 0 Å². The van der Waals surface area contributed by atoms with Gasteiger partial charge in [0.15, 0.2) is 5.78 Å². The second-order valence-electron chi connectivity index (χ2n) is 5.58. The summed E-state index contributed by atoms with van der Waals surface area (Å²) in [7, 11) is 0. The van der Waals surface area contributed by atoms with Gasteiger partial charge in [0.25, 0.3) is 0 Å². The highest BCUT2D eigenvalue weighted by molar-refractivity contribution is 6.11. The molecule has 0 spiro atoms. The van der Waals surface area contributed by atoms with Gasteiger partial charge in [-0.2, -0.15) is 0 Å². The van der Waals surface area contributed by atoms with Crippen molar-refractivity contribution in [2.75, 3.05) is 0 Å². The van der Waals surface area contributed by atoms with Gasteiger partial charge in [-0.25, -0.2) is 0 Å². The summed E-state index contributed by atoms with van der Waals surface area (Å²) in [6.45, 7) is 7.34. The third-order valence-corrected chi connectivity index (χ3v) is 3.89. The van der Waals surface area contributed by atoms with Gasteiger partial charge in [0.2, 0.25) is 0 Å². The molecule has 2 heteroatoms. The van der Waals surface area contributed by atoms with Gasteiger partial charge in [-0.1, -0.05) is 29.8 Å². The van der Waals surface area contributed by atoms with Crippen LogP contribution in [0, 0.1) is 20.8 Å². The first-order valence-corrected chi connectivity index (χ1v) is 6.88. The van der Waals surface area contributed by atoms with Crippen molar-refractivity contribution in [2.45, 2.75) is 34.0 Å². The van der Waals surface area contributed by atoms with E-state index in [2.05, 4.69) is 19.1 Å². The quantitative estimate of drug-likeness (QED) is 0.771. The van der Waals surface area contributed by atoms with Gasteiger partial charge in [0.05, 0.1) is 13.2 Å². The molecule has 2 aromatic rings. The van der Waals surface area contributed by atoms with Crippen molar-refractivity contribution in [3.63, 3.8) is 0 Å². The van der Waals surface area contributed by atoms with Crippen LogP contribution in [0.15, 0.2) is 30.3 Å². The fourth-order valence-corrected chi connectivity index (χ4v) is 3.00. The van der Waals surface area contributed by atoms with Crippen LogP contribution in [0.5, 0.6) is 0 Å². The van der Waals surface area contributed by atoms with Crippen molar-refractivity contribution < 1.29 is 9.53 Å². The van der Waals surface area contributed by atoms with Crippen LogP contribution in [-0.2, 0) is 18.0 Å². The molecule has 0 fully saturated rings. The van der Waals surface area contributed by atoms with E-state index in [1.807, 2.05) is 32.0 Å². The highest BCUT2D eigenvalue weighted by Crippen LogP contribution is 2.24. The fourth-order valence-electron chi connectivity index (χ4n) is 3.00. The minimum atomic E-state index is 0.106. The van der Waals surface area contributed by atoms with Crippen LogP contribution in [0.1, 0.15) is 43.7 Å². The number of hydrogen-bond acceptors (Lipinski definition) is 2. The molecule has 0 bridgehead atoms. The predicted octanol–water partition coefficient (Wildman–Crippen LogP) is 3.87. The number of carbonyl (C=O) groups is 1. The number of carbonyl (C=O) groups excluding carboxylic acids is 1. The summed E-state index contributed by atoms with van der Waals surface area (Å²) < 4.78 is 5.41. The van der Waals surface area contributed by atoms with Gasteiger partial charge in [0, 0.05) is 11.1 Å². The van der Waals surface area contributed by atoms with Crippen LogP contribution in [-0.4, -0.2) is 5.78 Å². The Morgan fingerprint density at radius 3 is 2.30 bits per heavy atom. The van der Waals surface area contributed by atoms with E-state index in [9.17, 15) is 4.79 Å². The zero-order chi connectivity index (χ0) is 14.3. The van der Waals surface area contributed by atoms with Gasteiger partial charge in [-0.05, 0) is 49.1 Å². The van der Waals surface area contributed by atoms with Gasteiger partial charge in [-0.3, -0.25) is 4.79 Å². The molecular weight excluding hydrogens is 248 g/mol. The molecule has 2 aromatic carbocycles. The van der Waals surface area contributed by atoms with Crippen molar-refractivity contribution in [1.29, 1.82) is 0 Å². The molecule has 0 aliphatic carbocycles. The Morgan fingerprint density at radius 2 is 1.60 bits per heavy atom. The van der Waals surface area contributed by atoms with Gasteiger partial charge >= 0.3 is 0 Å². The molecule has 1 aliphatic heterocycles. The van der Waals surface area contributed by atoms with E-state index < -0.39 is 0 Å². The standard InChI is InChI=1S/C18H18O2/c1-11-6-12(2)17(13(3)7-11)18(19)14-4-5-15-9-20-10-16(15)8-14/h4-8H,9-10H2,1-3H3. The lowest BCUT2D eigenvalue weighted by Gasteiger charge is -2.11. The normalized spacial score (nSPS) is 13.3. The van der Waals surface area contributed by atoms with Crippen LogP contribution in [0.3, 0.4) is 0 Å². The lowest BCUT2D eigenvalue weighted by atomic mass is 9.92. The van der Waals surface area contributed by atoms with E-state index in [1.165, 1.54) is 11.1 Å². The SMILES string of the molecule is Cc1cc(C)c(C(=O)c2ccc3c(c2)COC3)c(C)c1. The lowest BCUT2D eigenvalue weighted by Crippen LogP contribution is -2.07. The molecule has 0 N–H and O–H groups in total. The summed E-state index contributed by atoms with van der Waals surface area (Å²) in [6, 6.07) is 10.0. The maximum absolute atomic E-state index is 12.8. The van der Waals surface area contributed by atoms with E-state index in [4.69, 9.17) is 4.74 Å². The third-order valence-electron chi connectivity index (χ3n) is 3.89. The van der Waals surface area contributed by atoms with Crippen molar-refractivity contribution >= 4 is 5.78 Å². The Kier molecular flexibility index (Phi) is 3.19. The fraction of sp³-hybridized carbons (Fsp3) is 0.278. The predicted molar refractivity (Wildman–Crippen MR) is 79.0 cm³/mol. The molecule has 0 saturated heterocycles. The zero-order valence-electron chi connectivity index (χ0n) is 12.1. The maximum Gasteiger partial charge on any atom is 0.193 e. The van der Waals surface area contributed by atoms with Gasteiger partial charge in [-0.15, -0.1) is 0 Å². The molecule has 1 aliphatic rings. The van der Waals surface area contributed by atoms with Crippen molar-refractivity contribution in [3.05, 3.63) is 69.3 Å². The molecule has 0 aromatic heterocycles. The Labute approximate surface area is 119 Å². The molecular formula is C18H18O2. The Bertz CT molecular complexity index is 676. The molecule has 2 nitrogen and oxygen atoms in total. The summed E-state index contributed by atoms with van der Waals surface area (Å²) in [4.78, 5) is 12.8. The third kappa shape index (κ3) is 2.16. The smallest absolute Gasteiger partial charge is 0.193 e. The molecule has 20 heavy (non-hydrogen) atoms. The highest BCUT2D eigenvalue weighted by Gasteiger charge is 2.18. The van der Waals surface area contributed by atoms with E-state index in [0.717, 1.165) is 27.8 Å². The summed E-state index contributed by atoms with van der Waals surface area (Å²) in [5.74, 6) is 0.106. The first-order valence-electron chi connectivity index (χ1n) is 6.88. The lowest BCUT2D eigenvalue weighted by molar-refractivity contribution is 0.103. The molecule has 1 heterocycles. The van der Waals surface area contributed by atoms with Crippen LogP contribution in [0.4, 0.5) is 0 Å². The van der Waals surface area contributed by atoms with E-state index in [0.29, 0.717) is 13.2 Å². The number of ether oxygens (including phenoxy) is 1. The summed E-state index contributed by atoms with van der Waals surface area (Å²) >= 11 is 0. The zero-order valence-corrected chi connectivity index (χ0v) is 12.1. The van der Waals surface area contributed by atoms with E-state index in [1.54, 1.807) is 0 Å². The molecule has 0 radical (unpaired) electrons. The van der Waals surface area contributed by atoms with Crippen LogP contribution < -0.4 is 0 Å². The molecule has 0 atom stereocenters. The number of fused-ring (bicyclic) bond motifs is 1. The average molecular weight is 266 g/mol. The number of hydrogen-bond donors (Lipinski definition) is 0. The van der Waals surface area contributed by atoms with Crippen LogP contribution in [0.25, 0.3) is 0 Å². The number of aryl methyl sites for hydroxylation is 3. The van der Waals surface area contributed by atoms with E-state index in [-0.39, 0.29) is 5.78 Å². The average Bonchev–Trinajstić information content (AvgIpc) is 2.84. The Morgan fingerprint density at radius 1 is 0.950 bits per heavy atom. The minimum Gasteiger partial charge on any atom is -0.372 e. The topological polar surface area (TPSA) is 26.3 Å². The summed E-state index contributed by atoms with van der Waals surface area (Å²) in [5.41, 5.74) is 7.20. The van der Waals surface area contributed by atoms with Crippen LogP contribution in [0.2, 0.25) is 0 Å². The summed E-state index contributed by atoms with van der Waals surface area (Å²) in [5, 5.41) is 0. The minimum absolute atomic E-state index is 0.106. The molecule has 0 amide bonds. The summed E-state index contributed by atoms with van der Waals surface area (Å²) in [6.07, 6.45) is 0. The van der Waals surface area contributed by atoms with E-state index >= 15 is 0 Å². The monoisotopic (exact) mass is 266 g/mol. The molecule has 0 unspecified atom stereocenters. The molecule has 0 saturated carbocycles. The maximum atomic E-state index is 12.8. The Balaban J connectivity index is 2.05. The highest BCUT2D eigenvalue weighted by atomic mass is 16.5. The van der Waals surface area contributed by atoms with Crippen molar-refractivity contribution in [3.8, 4) is 0 Å². The first kappa shape index (κ1) is 13.1. The second-order valence-corrected chi connectivity index (χ2v) is 5.58. The van der Waals surface area contributed by atoms with Gasteiger partial charge < -0.3 is 4.74 Å².